The lowest BCUT2D eigenvalue weighted by atomic mass is 10.00. The summed E-state index contributed by atoms with van der Waals surface area (Å²) in [5.41, 5.74) is 0.174. The second-order valence-electron chi connectivity index (χ2n) is 5.35. The van der Waals surface area contributed by atoms with E-state index in [1.54, 1.807) is 6.07 Å². The molecule has 1 aromatic rings. The largest absolute Gasteiger partial charge is 0.452 e. The van der Waals surface area contributed by atoms with Crippen molar-refractivity contribution in [3.63, 3.8) is 0 Å². The van der Waals surface area contributed by atoms with Crippen molar-refractivity contribution in [2.24, 2.45) is 0 Å². The van der Waals surface area contributed by atoms with Crippen LogP contribution >= 0.6 is 23.2 Å². The summed E-state index contributed by atoms with van der Waals surface area (Å²) in [6.07, 6.45) is 4.06. The molecule has 1 aromatic carbocycles. The molecule has 1 amide bonds. The first-order valence-corrected chi connectivity index (χ1v) is 8.20. The van der Waals surface area contributed by atoms with E-state index in [9.17, 15) is 9.59 Å². The number of rotatable bonds is 4. The summed E-state index contributed by atoms with van der Waals surface area (Å²) in [5.74, 6) is -0.788. The smallest absolute Gasteiger partial charge is 0.340 e. The lowest BCUT2D eigenvalue weighted by Crippen LogP contribution is -2.45. The van der Waals surface area contributed by atoms with Crippen molar-refractivity contribution in [2.75, 3.05) is 13.2 Å². The Hall–Kier alpha value is -1.26. The number of piperidine rings is 1. The first kappa shape index (κ1) is 17.1. The third-order valence-electron chi connectivity index (χ3n) is 3.89. The maximum absolute atomic E-state index is 12.2. The van der Waals surface area contributed by atoms with Crippen LogP contribution in [0.1, 0.15) is 43.0 Å². The number of benzene rings is 1. The first-order chi connectivity index (χ1) is 10.5. The molecule has 1 heterocycles. The van der Waals surface area contributed by atoms with Crippen LogP contribution in [0.4, 0.5) is 0 Å². The minimum Gasteiger partial charge on any atom is -0.452 e. The molecule has 0 N–H and O–H groups in total. The van der Waals surface area contributed by atoms with E-state index in [-0.39, 0.29) is 29.1 Å². The highest BCUT2D eigenvalue weighted by atomic mass is 35.5. The maximum atomic E-state index is 12.2. The Bertz CT molecular complexity index is 562. The van der Waals surface area contributed by atoms with Crippen molar-refractivity contribution in [1.29, 1.82) is 0 Å². The van der Waals surface area contributed by atoms with E-state index in [1.807, 2.05) is 4.90 Å². The fraction of sp³-hybridized carbons (Fsp3) is 0.500. The molecule has 1 fully saturated rings. The van der Waals surface area contributed by atoms with Crippen LogP contribution in [0.25, 0.3) is 0 Å². The van der Waals surface area contributed by atoms with Crippen LogP contribution in [0.15, 0.2) is 18.2 Å². The van der Waals surface area contributed by atoms with E-state index in [2.05, 4.69) is 6.92 Å². The molecule has 0 saturated carbocycles. The number of ether oxygens (including phenoxy) is 1. The average Bonchev–Trinajstić information content (AvgIpc) is 2.54. The second-order valence-corrected chi connectivity index (χ2v) is 6.19. The number of likely N-dealkylation sites (tertiary alicyclic amines) is 1. The summed E-state index contributed by atoms with van der Waals surface area (Å²) in [4.78, 5) is 26.1. The van der Waals surface area contributed by atoms with Crippen LogP contribution in [0.5, 0.6) is 0 Å². The normalized spacial score (nSPS) is 18.1. The van der Waals surface area contributed by atoms with Gasteiger partial charge in [-0.3, -0.25) is 4.79 Å². The van der Waals surface area contributed by atoms with Gasteiger partial charge in [0.1, 0.15) is 0 Å². The fourth-order valence-corrected chi connectivity index (χ4v) is 3.06. The Balaban J connectivity index is 1.95. The molecule has 1 atom stereocenters. The zero-order valence-electron chi connectivity index (χ0n) is 12.5. The van der Waals surface area contributed by atoms with Crippen molar-refractivity contribution < 1.29 is 14.3 Å². The molecule has 1 unspecified atom stereocenters. The number of halogens is 2. The van der Waals surface area contributed by atoms with Gasteiger partial charge in [-0.1, -0.05) is 30.1 Å². The molecule has 6 heteroatoms. The number of carbonyl (C=O) groups excluding carboxylic acids is 2. The lowest BCUT2D eigenvalue weighted by molar-refractivity contribution is -0.138. The Kier molecular flexibility index (Phi) is 6.09. The van der Waals surface area contributed by atoms with E-state index in [0.29, 0.717) is 5.02 Å². The Morgan fingerprint density at radius 2 is 2.09 bits per heavy atom. The molecule has 0 spiro atoms. The summed E-state index contributed by atoms with van der Waals surface area (Å²) in [6.45, 7) is 2.53. The fourth-order valence-electron chi connectivity index (χ4n) is 2.70. The van der Waals surface area contributed by atoms with Crippen LogP contribution in [-0.2, 0) is 9.53 Å². The molecule has 0 radical (unpaired) electrons. The van der Waals surface area contributed by atoms with Gasteiger partial charge in [0.15, 0.2) is 6.61 Å². The van der Waals surface area contributed by atoms with Crippen molar-refractivity contribution in [3.05, 3.63) is 33.8 Å². The van der Waals surface area contributed by atoms with Crippen LogP contribution in [0, 0.1) is 0 Å². The number of carbonyl (C=O) groups is 2. The van der Waals surface area contributed by atoms with Gasteiger partial charge in [0.25, 0.3) is 5.91 Å². The second kappa shape index (κ2) is 7.84. The molecule has 0 bridgehead atoms. The van der Waals surface area contributed by atoms with Gasteiger partial charge < -0.3 is 9.64 Å². The topological polar surface area (TPSA) is 46.6 Å². The van der Waals surface area contributed by atoms with E-state index in [0.717, 1.165) is 32.2 Å². The third-order valence-corrected chi connectivity index (χ3v) is 4.46. The molecule has 120 valence electrons. The maximum Gasteiger partial charge on any atom is 0.340 e. The molecule has 0 aromatic heterocycles. The van der Waals surface area contributed by atoms with Gasteiger partial charge in [-0.15, -0.1) is 0 Å². The Labute approximate surface area is 140 Å². The standard InChI is InChI=1S/C16H19Cl2NO3/c1-2-12-5-3-4-8-19(12)15(20)10-22-16(21)13-9-11(17)6-7-14(13)18/h6-7,9,12H,2-5,8,10H2,1H3. The van der Waals surface area contributed by atoms with Gasteiger partial charge in [0, 0.05) is 17.6 Å². The Morgan fingerprint density at radius 3 is 2.82 bits per heavy atom. The summed E-state index contributed by atoms with van der Waals surface area (Å²) >= 11 is 11.8. The minimum atomic E-state index is -0.633. The van der Waals surface area contributed by atoms with E-state index in [1.165, 1.54) is 12.1 Å². The summed E-state index contributed by atoms with van der Waals surface area (Å²) in [7, 11) is 0. The third kappa shape index (κ3) is 4.14. The average molecular weight is 344 g/mol. The highest BCUT2D eigenvalue weighted by molar-refractivity contribution is 6.35. The van der Waals surface area contributed by atoms with Crippen molar-refractivity contribution in [1.82, 2.24) is 4.90 Å². The van der Waals surface area contributed by atoms with Crippen LogP contribution in [-0.4, -0.2) is 36.0 Å². The van der Waals surface area contributed by atoms with Crippen LogP contribution in [0.3, 0.4) is 0 Å². The number of hydrogen-bond donors (Lipinski definition) is 0. The molecule has 22 heavy (non-hydrogen) atoms. The number of esters is 1. The van der Waals surface area contributed by atoms with E-state index in [4.69, 9.17) is 27.9 Å². The highest BCUT2D eigenvalue weighted by Gasteiger charge is 2.26. The molecule has 1 aliphatic heterocycles. The number of nitrogens with zero attached hydrogens (tertiary/aromatic N) is 1. The molecular formula is C16H19Cl2NO3. The minimum absolute atomic E-state index is 0.155. The highest BCUT2D eigenvalue weighted by Crippen LogP contribution is 2.22. The zero-order valence-corrected chi connectivity index (χ0v) is 14.0. The molecule has 2 rings (SSSR count). The van der Waals surface area contributed by atoms with Gasteiger partial charge in [-0.2, -0.15) is 0 Å². The van der Waals surface area contributed by atoms with Gasteiger partial charge in [-0.25, -0.2) is 4.79 Å². The number of hydrogen-bond acceptors (Lipinski definition) is 3. The predicted molar refractivity (Wildman–Crippen MR) is 86.4 cm³/mol. The van der Waals surface area contributed by atoms with Crippen LogP contribution < -0.4 is 0 Å². The first-order valence-electron chi connectivity index (χ1n) is 7.44. The zero-order chi connectivity index (χ0) is 16.1. The van der Waals surface area contributed by atoms with Gasteiger partial charge in [0.05, 0.1) is 10.6 Å². The van der Waals surface area contributed by atoms with Crippen LogP contribution in [0.2, 0.25) is 10.0 Å². The Morgan fingerprint density at radius 1 is 1.32 bits per heavy atom. The molecule has 1 aliphatic rings. The SMILES string of the molecule is CCC1CCCCN1C(=O)COC(=O)c1cc(Cl)ccc1Cl. The molecular weight excluding hydrogens is 325 g/mol. The van der Waals surface area contributed by atoms with Gasteiger partial charge >= 0.3 is 5.97 Å². The summed E-state index contributed by atoms with van der Waals surface area (Å²) in [5, 5.41) is 0.649. The quantitative estimate of drug-likeness (QED) is 0.777. The van der Waals surface area contributed by atoms with E-state index >= 15 is 0 Å². The van der Waals surface area contributed by atoms with Gasteiger partial charge in [-0.05, 0) is 43.9 Å². The van der Waals surface area contributed by atoms with Crippen molar-refractivity contribution in [3.8, 4) is 0 Å². The molecule has 1 saturated heterocycles. The van der Waals surface area contributed by atoms with Crippen molar-refractivity contribution in [2.45, 2.75) is 38.6 Å². The number of amides is 1. The predicted octanol–water partition coefficient (Wildman–Crippen LogP) is 3.94. The van der Waals surface area contributed by atoms with Gasteiger partial charge in [0.2, 0.25) is 0 Å². The summed E-state index contributed by atoms with van der Waals surface area (Å²) in [6, 6.07) is 4.80. The lowest BCUT2D eigenvalue weighted by Gasteiger charge is -2.35. The van der Waals surface area contributed by atoms with E-state index < -0.39 is 5.97 Å². The monoisotopic (exact) mass is 343 g/mol. The molecule has 4 nitrogen and oxygen atoms in total. The van der Waals surface area contributed by atoms with Crippen molar-refractivity contribution >= 4 is 35.1 Å². The summed E-state index contributed by atoms with van der Waals surface area (Å²) < 4.78 is 5.10. The molecule has 0 aliphatic carbocycles.